The van der Waals surface area contributed by atoms with E-state index in [-0.39, 0.29) is 36.5 Å². The molecule has 36 heavy (non-hydrogen) atoms. The van der Waals surface area contributed by atoms with Crippen LogP contribution in [-0.2, 0) is 4.79 Å². The summed E-state index contributed by atoms with van der Waals surface area (Å²) in [5, 5.41) is 5.95. The number of piperidine rings is 1. The molecule has 0 saturated carbocycles. The highest BCUT2D eigenvalue weighted by Gasteiger charge is 2.35. The zero-order valence-corrected chi connectivity index (χ0v) is 20.9. The number of hydrogen-bond donors (Lipinski definition) is 2. The van der Waals surface area contributed by atoms with Crippen LogP contribution in [0.3, 0.4) is 0 Å². The number of benzene rings is 2. The Morgan fingerprint density at radius 2 is 1.78 bits per heavy atom. The highest BCUT2D eigenvalue weighted by Crippen LogP contribution is 2.32. The van der Waals surface area contributed by atoms with Gasteiger partial charge in [-0.25, -0.2) is 0 Å². The number of fused-ring (bicyclic) bond motifs is 1. The smallest absolute Gasteiger partial charge is 0.257 e. The minimum absolute atomic E-state index is 0.0188. The highest BCUT2D eigenvalue weighted by atomic mass is 16.7. The zero-order chi connectivity index (χ0) is 25.7. The maximum atomic E-state index is 13.2. The molecule has 1 saturated heterocycles. The number of ether oxygens (including phenoxy) is 3. The molecule has 2 atom stereocenters. The second-order valence-corrected chi connectivity index (χ2v) is 9.17. The van der Waals surface area contributed by atoms with Crippen molar-refractivity contribution in [3.63, 3.8) is 0 Å². The molecule has 0 bridgehead atoms. The molecule has 0 aromatic heterocycles. The Hall–Kier alpha value is -3.75. The number of carbonyl (C=O) groups is 3. The standard InChI is InChI=1S/C27H33N3O6/c1-4-17(2)28-26(32)24(29-25(31)19-9-10-22-23(15-19)36-16-35-22)18-11-13-30(14-12-18)27(33)20-7-5-6-8-21(20)34-3/h5-10,15,17-18,24H,4,11-14,16H2,1-3H3,(H,28,32)(H,29,31)/t17-,24+/m0/s1. The topological polar surface area (TPSA) is 106 Å². The van der Waals surface area contributed by atoms with Crippen LogP contribution in [-0.4, -0.2) is 61.7 Å². The van der Waals surface area contributed by atoms with Crippen molar-refractivity contribution in [1.82, 2.24) is 15.5 Å². The number of nitrogens with zero attached hydrogens (tertiary/aromatic N) is 1. The Morgan fingerprint density at radius 3 is 2.50 bits per heavy atom. The van der Waals surface area contributed by atoms with Gasteiger partial charge in [0.1, 0.15) is 11.8 Å². The first kappa shape index (κ1) is 25.3. The normalized spacial score (nSPS) is 16.7. The molecule has 0 radical (unpaired) electrons. The Morgan fingerprint density at radius 1 is 1.06 bits per heavy atom. The number of carbonyl (C=O) groups excluding carboxylic acids is 3. The van der Waals surface area contributed by atoms with Crippen LogP contribution in [0.4, 0.5) is 0 Å². The average Bonchev–Trinajstić information content (AvgIpc) is 3.39. The molecule has 9 heteroatoms. The number of rotatable bonds is 8. The lowest BCUT2D eigenvalue weighted by atomic mass is 9.88. The van der Waals surface area contributed by atoms with E-state index in [0.29, 0.717) is 54.3 Å². The molecule has 1 fully saturated rings. The van der Waals surface area contributed by atoms with Crippen molar-refractivity contribution in [2.75, 3.05) is 27.0 Å². The van der Waals surface area contributed by atoms with E-state index < -0.39 is 6.04 Å². The third kappa shape index (κ3) is 5.56. The van der Waals surface area contributed by atoms with E-state index in [1.165, 1.54) is 0 Å². The average molecular weight is 496 g/mol. The number of nitrogens with one attached hydrogen (secondary N) is 2. The van der Waals surface area contributed by atoms with Crippen molar-refractivity contribution < 1.29 is 28.6 Å². The number of hydrogen-bond acceptors (Lipinski definition) is 6. The van der Waals surface area contributed by atoms with E-state index in [4.69, 9.17) is 14.2 Å². The van der Waals surface area contributed by atoms with E-state index in [2.05, 4.69) is 10.6 Å². The molecule has 4 rings (SSSR count). The van der Waals surface area contributed by atoms with Crippen LogP contribution in [0, 0.1) is 5.92 Å². The van der Waals surface area contributed by atoms with Crippen LogP contribution in [0.2, 0.25) is 0 Å². The van der Waals surface area contributed by atoms with Crippen LogP contribution in [0.15, 0.2) is 42.5 Å². The van der Waals surface area contributed by atoms with Crippen LogP contribution in [0.1, 0.15) is 53.8 Å². The number of likely N-dealkylation sites (tertiary alicyclic amines) is 1. The molecule has 2 aliphatic heterocycles. The van der Waals surface area contributed by atoms with E-state index in [0.717, 1.165) is 6.42 Å². The fraction of sp³-hybridized carbons (Fsp3) is 0.444. The van der Waals surface area contributed by atoms with E-state index >= 15 is 0 Å². The Labute approximate surface area is 211 Å². The van der Waals surface area contributed by atoms with Gasteiger partial charge in [-0.3, -0.25) is 14.4 Å². The van der Waals surface area contributed by atoms with Gasteiger partial charge in [0, 0.05) is 24.7 Å². The number of methoxy groups -OCH3 is 1. The van der Waals surface area contributed by atoms with Gasteiger partial charge in [0.05, 0.1) is 12.7 Å². The fourth-order valence-electron chi connectivity index (χ4n) is 4.52. The minimum Gasteiger partial charge on any atom is -0.496 e. The summed E-state index contributed by atoms with van der Waals surface area (Å²) in [7, 11) is 1.54. The third-order valence-electron chi connectivity index (χ3n) is 6.84. The second-order valence-electron chi connectivity index (χ2n) is 9.17. The van der Waals surface area contributed by atoms with Gasteiger partial charge in [-0.1, -0.05) is 19.1 Å². The highest BCUT2D eigenvalue weighted by molar-refractivity contribution is 5.98. The van der Waals surface area contributed by atoms with Gasteiger partial charge in [0.15, 0.2) is 11.5 Å². The van der Waals surface area contributed by atoms with Crippen molar-refractivity contribution in [2.45, 2.75) is 45.2 Å². The predicted molar refractivity (Wildman–Crippen MR) is 133 cm³/mol. The van der Waals surface area contributed by atoms with Crippen molar-refractivity contribution in [1.29, 1.82) is 0 Å². The zero-order valence-electron chi connectivity index (χ0n) is 20.9. The lowest BCUT2D eigenvalue weighted by molar-refractivity contribution is -0.125. The van der Waals surface area contributed by atoms with Crippen LogP contribution < -0.4 is 24.8 Å². The minimum atomic E-state index is -0.722. The summed E-state index contributed by atoms with van der Waals surface area (Å²) in [6.07, 6.45) is 1.95. The molecule has 2 aromatic rings. The number of amides is 3. The van der Waals surface area contributed by atoms with Crippen LogP contribution in [0.5, 0.6) is 17.2 Å². The second kappa shape index (κ2) is 11.3. The molecular formula is C27H33N3O6. The van der Waals surface area contributed by atoms with E-state index in [9.17, 15) is 14.4 Å². The maximum absolute atomic E-state index is 13.2. The van der Waals surface area contributed by atoms with Crippen molar-refractivity contribution in [3.05, 3.63) is 53.6 Å². The molecule has 2 N–H and O–H groups in total. The molecule has 0 aliphatic carbocycles. The summed E-state index contributed by atoms with van der Waals surface area (Å²) >= 11 is 0. The van der Waals surface area contributed by atoms with Gasteiger partial charge >= 0.3 is 0 Å². The van der Waals surface area contributed by atoms with Gasteiger partial charge in [0.2, 0.25) is 12.7 Å². The Kier molecular flexibility index (Phi) is 7.97. The van der Waals surface area contributed by atoms with Gasteiger partial charge in [0.25, 0.3) is 11.8 Å². The van der Waals surface area contributed by atoms with Crippen molar-refractivity contribution in [3.8, 4) is 17.2 Å². The summed E-state index contributed by atoms with van der Waals surface area (Å²) in [5.74, 6) is 0.838. The molecule has 3 amide bonds. The first-order valence-electron chi connectivity index (χ1n) is 12.3. The van der Waals surface area contributed by atoms with Crippen molar-refractivity contribution >= 4 is 17.7 Å². The Bertz CT molecular complexity index is 1110. The summed E-state index contributed by atoms with van der Waals surface area (Å²) in [6.45, 7) is 5.01. The first-order valence-corrected chi connectivity index (χ1v) is 12.3. The van der Waals surface area contributed by atoms with Gasteiger partial charge in [-0.2, -0.15) is 0 Å². The molecule has 9 nitrogen and oxygen atoms in total. The molecule has 2 aromatic carbocycles. The van der Waals surface area contributed by atoms with E-state index in [1.54, 1.807) is 42.3 Å². The number of para-hydroxylation sites is 1. The molecule has 0 unspecified atom stereocenters. The summed E-state index contributed by atoms with van der Waals surface area (Å²) in [6, 6.07) is 11.4. The molecule has 0 spiro atoms. The van der Waals surface area contributed by atoms with Crippen LogP contribution >= 0.6 is 0 Å². The maximum Gasteiger partial charge on any atom is 0.257 e. The fourth-order valence-corrected chi connectivity index (χ4v) is 4.52. The Balaban J connectivity index is 1.46. The molecule has 2 heterocycles. The lowest BCUT2D eigenvalue weighted by Crippen LogP contribution is -2.55. The third-order valence-corrected chi connectivity index (χ3v) is 6.84. The van der Waals surface area contributed by atoms with Gasteiger partial charge in [-0.05, 0) is 62.4 Å². The predicted octanol–water partition coefficient (Wildman–Crippen LogP) is 2.99. The largest absolute Gasteiger partial charge is 0.496 e. The quantitative estimate of drug-likeness (QED) is 0.583. The summed E-state index contributed by atoms with van der Waals surface area (Å²) in [4.78, 5) is 41.2. The SMILES string of the molecule is CC[C@H](C)NC(=O)[C@H](NC(=O)c1ccc2c(c1)OCO2)C1CCN(C(=O)c2ccccc2OC)CC1. The van der Waals surface area contributed by atoms with E-state index in [1.807, 2.05) is 26.0 Å². The monoisotopic (exact) mass is 495 g/mol. The molecular weight excluding hydrogens is 462 g/mol. The van der Waals surface area contributed by atoms with Gasteiger partial charge in [-0.15, -0.1) is 0 Å². The molecule has 192 valence electrons. The summed E-state index contributed by atoms with van der Waals surface area (Å²) in [5.41, 5.74) is 0.907. The molecule has 2 aliphatic rings. The lowest BCUT2D eigenvalue weighted by Gasteiger charge is -2.36. The van der Waals surface area contributed by atoms with Crippen LogP contribution in [0.25, 0.3) is 0 Å². The van der Waals surface area contributed by atoms with Crippen molar-refractivity contribution in [2.24, 2.45) is 5.92 Å². The first-order chi connectivity index (χ1) is 17.4. The van der Waals surface area contributed by atoms with Gasteiger partial charge < -0.3 is 29.7 Å². The summed E-state index contributed by atoms with van der Waals surface area (Å²) < 4.78 is 16.1.